The second kappa shape index (κ2) is 5.99. The fourth-order valence-electron chi connectivity index (χ4n) is 2.99. The quantitative estimate of drug-likeness (QED) is 0.785. The molecule has 0 spiro atoms. The highest BCUT2D eigenvalue weighted by molar-refractivity contribution is 7.10. The molecule has 110 valence electrons. The third kappa shape index (κ3) is 2.96. The molecule has 1 N–H and O–H groups in total. The SMILES string of the molecule is O=C(Nc1cc(Cl)cc(Cl)c1)C1(c2cccs2)CCCC1. The molecule has 2 aromatic rings. The molecule has 0 bridgehead atoms. The van der Waals surface area contributed by atoms with Crippen molar-refractivity contribution in [2.45, 2.75) is 31.1 Å². The van der Waals surface area contributed by atoms with Gasteiger partial charge >= 0.3 is 0 Å². The predicted octanol–water partition coefficient (Wildman–Crippen LogP) is 5.51. The third-order valence-electron chi connectivity index (χ3n) is 4.01. The van der Waals surface area contributed by atoms with Crippen LogP contribution in [0.15, 0.2) is 35.7 Å². The van der Waals surface area contributed by atoms with E-state index in [9.17, 15) is 4.79 Å². The molecule has 1 aromatic carbocycles. The van der Waals surface area contributed by atoms with Crippen LogP contribution in [-0.2, 0) is 10.2 Å². The number of amides is 1. The molecular weight excluding hydrogens is 325 g/mol. The van der Waals surface area contributed by atoms with Crippen LogP contribution >= 0.6 is 34.5 Å². The van der Waals surface area contributed by atoms with Gasteiger partial charge in [0, 0.05) is 20.6 Å². The summed E-state index contributed by atoms with van der Waals surface area (Å²) in [5, 5.41) is 6.07. The molecule has 0 atom stereocenters. The lowest BCUT2D eigenvalue weighted by Crippen LogP contribution is -2.37. The Morgan fingerprint density at radius 1 is 1.14 bits per heavy atom. The van der Waals surface area contributed by atoms with E-state index in [0.29, 0.717) is 15.7 Å². The van der Waals surface area contributed by atoms with Crippen LogP contribution in [0.1, 0.15) is 30.6 Å². The highest BCUT2D eigenvalue weighted by atomic mass is 35.5. The summed E-state index contributed by atoms with van der Waals surface area (Å²) in [5.41, 5.74) is 0.253. The standard InChI is InChI=1S/C16H15Cl2NOS/c17-11-8-12(18)10-13(9-11)19-15(20)16(5-1-2-6-16)14-4-3-7-21-14/h3-4,7-10H,1-2,5-6H2,(H,19,20). The molecule has 1 saturated carbocycles. The van der Waals surface area contributed by atoms with Crippen LogP contribution < -0.4 is 5.32 Å². The molecule has 0 saturated heterocycles. The van der Waals surface area contributed by atoms with Gasteiger partial charge in [-0.1, -0.05) is 42.1 Å². The molecule has 0 unspecified atom stereocenters. The number of thiophene rings is 1. The van der Waals surface area contributed by atoms with Crippen LogP contribution in [0.5, 0.6) is 0 Å². The minimum atomic E-state index is -0.400. The van der Waals surface area contributed by atoms with Crippen LogP contribution in [0.25, 0.3) is 0 Å². The Hall–Kier alpha value is -1.03. The van der Waals surface area contributed by atoms with Crippen molar-refractivity contribution in [1.82, 2.24) is 0 Å². The van der Waals surface area contributed by atoms with Gasteiger partial charge in [0.15, 0.2) is 0 Å². The molecule has 0 aliphatic heterocycles. The molecule has 2 nitrogen and oxygen atoms in total. The Labute approximate surface area is 138 Å². The lowest BCUT2D eigenvalue weighted by Gasteiger charge is -2.26. The van der Waals surface area contributed by atoms with E-state index in [2.05, 4.69) is 11.4 Å². The molecule has 1 aliphatic carbocycles. The Morgan fingerprint density at radius 3 is 2.38 bits per heavy atom. The molecule has 21 heavy (non-hydrogen) atoms. The van der Waals surface area contributed by atoms with Gasteiger partial charge in [0.05, 0.1) is 5.41 Å². The summed E-state index contributed by atoms with van der Waals surface area (Å²) in [5.74, 6) is 0.0424. The van der Waals surface area contributed by atoms with Gasteiger partial charge in [0.25, 0.3) is 0 Å². The number of rotatable bonds is 3. The number of anilines is 1. The van der Waals surface area contributed by atoms with E-state index in [0.717, 1.165) is 30.6 Å². The summed E-state index contributed by atoms with van der Waals surface area (Å²) >= 11 is 13.6. The van der Waals surface area contributed by atoms with E-state index >= 15 is 0 Å². The summed E-state index contributed by atoms with van der Waals surface area (Å²) in [6.07, 6.45) is 3.96. The second-order valence-corrected chi connectivity index (χ2v) is 7.20. The van der Waals surface area contributed by atoms with E-state index in [1.165, 1.54) is 0 Å². The zero-order valence-electron chi connectivity index (χ0n) is 11.4. The molecule has 0 radical (unpaired) electrons. The van der Waals surface area contributed by atoms with Gasteiger partial charge in [-0.25, -0.2) is 0 Å². The van der Waals surface area contributed by atoms with Crippen LogP contribution in [0.2, 0.25) is 10.0 Å². The van der Waals surface area contributed by atoms with E-state index in [1.807, 2.05) is 11.4 Å². The van der Waals surface area contributed by atoms with Gasteiger partial charge in [-0.2, -0.15) is 0 Å². The topological polar surface area (TPSA) is 29.1 Å². The fraction of sp³-hybridized carbons (Fsp3) is 0.312. The van der Waals surface area contributed by atoms with Gasteiger partial charge in [-0.3, -0.25) is 4.79 Å². The minimum Gasteiger partial charge on any atom is -0.325 e. The van der Waals surface area contributed by atoms with Gasteiger partial charge in [-0.05, 0) is 42.5 Å². The molecule has 1 aromatic heterocycles. The molecule has 1 amide bonds. The molecule has 1 fully saturated rings. The summed E-state index contributed by atoms with van der Waals surface area (Å²) in [7, 11) is 0. The maximum atomic E-state index is 12.9. The van der Waals surface area contributed by atoms with Crippen molar-refractivity contribution in [2.24, 2.45) is 0 Å². The zero-order valence-corrected chi connectivity index (χ0v) is 13.7. The Morgan fingerprint density at radius 2 is 1.81 bits per heavy atom. The number of carbonyl (C=O) groups excluding carboxylic acids is 1. The predicted molar refractivity (Wildman–Crippen MR) is 89.6 cm³/mol. The first kappa shape index (κ1) is 14.9. The highest BCUT2D eigenvalue weighted by Crippen LogP contribution is 2.44. The number of halogens is 2. The van der Waals surface area contributed by atoms with Crippen LogP contribution in [0.3, 0.4) is 0 Å². The van der Waals surface area contributed by atoms with E-state index < -0.39 is 5.41 Å². The summed E-state index contributed by atoms with van der Waals surface area (Å²) in [4.78, 5) is 14.0. The molecule has 1 heterocycles. The minimum absolute atomic E-state index is 0.0424. The molecule has 5 heteroatoms. The van der Waals surface area contributed by atoms with Crippen molar-refractivity contribution in [3.63, 3.8) is 0 Å². The van der Waals surface area contributed by atoms with Crippen LogP contribution in [0, 0.1) is 0 Å². The van der Waals surface area contributed by atoms with E-state index in [-0.39, 0.29) is 5.91 Å². The van der Waals surface area contributed by atoms with Gasteiger partial charge in [0.1, 0.15) is 0 Å². The maximum absolute atomic E-state index is 12.9. The van der Waals surface area contributed by atoms with E-state index in [4.69, 9.17) is 23.2 Å². The van der Waals surface area contributed by atoms with E-state index in [1.54, 1.807) is 29.5 Å². The Kier molecular flexibility index (Phi) is 4.25. The summed E-state index contributed by atoms with van der Waals surface area (Å²) in [6.45, 7) is 0. The zero-order chi connectivity index (χ0) is 14.9. The first-order valence-corrected chi connectivity index (χ1v) is 8.55. The van der Waals surface area contributed by atoms with Crippen LogP contribution in [0.4, 0.5) is 5.69 Å². The highest BCUT2D eigenvalue weighted by Gasteiger charge is 2.43. The van der Waals surface area contributed by atoms with Crippen molar-refractivity contribution in [3.8, 4) is 0 Å². The monoisotopic (exact) mass is 339 g/mol. The number of nitrogens with one attached hydrogen (secondary N) is 1. The van der Waals surface area contributed by atoms with Crippen molar-refractivity contribution >= 4 is 46.1 Å². The Balaban J connectivity index is 1.89. The van der Waals surface area contributed by atoms with Crippen molar-refractivity contribution < 1.29 is 4.79 Å². The molecule has 3 rings (SSSR count). The van der Waals surface area contributed by atoms with Gasteiger partial charge in [-0.15, -0.1) is 11.3 Å². The number of hydrogen-bond acceptors (Lipinski definition) is 2. The van der Waals surface area contributed by atoms with Crippen molar-refractivity contribution in [2.75, 3.05) is 5.32 Å². The normalized spacial score (nSPS) is 16.9. The van der Waals surface area contributed by atoms with Crippen molar-refractivity contribution in [1.29, 1.82) is 0 Å². The molecular formula is C16H15Cl2NOS. The largest absolute Gasteiger partial charge is 0.325 e. The number of hydrogen-bond donors (Lipinski definition) is 1. The maximum Gasteiger partial charge on any atom is 0.235 e. The first-order valence-electron chi connectivity index (χ1n) is 6.92. The molecule has 1 aliphatic rings. The summed E-state index contributed by atoms with van der Waals surface area (Å²) < 4.78 is 0. The van der Waals surface area contributed by atoms with Gasteiger partial charge < -0.3 is 5.32 Å². The number of carbonyl (C=O) groups is 1. The lowest BCUT2D eigenvalue weighted by molar-refractivity contribution is -0.121. The number of benzene rings is 1. The summed E-state index contributed by atoms with van der Waals surface area (Å²) in [6, 6.07) is 9.16. The van der Waals surface area contributed by atoms with Crippen LogP contribution in [-0.4, -0.2) is 5.91 Å². The lowest BCUT2D eigenvalue weighted by atomic mass is 9.83. The smallest absolute Gasteiger partial charge is 0.235 e. The average Bonchev–Trinajstić information content (AvgIpc) is 3.09. The second-order valence-electron chi connectivity index (χ2n) is 5.38. The van der Waals surface area contributed by atoms with Gasteiger partial charge in [0.2, 0.25) is 5.91 Å². The van der Waals surface area contributed by atoms with Crippen molar-refractivity contribution in [3.05, 3.63) is 50.6 Å². The first-order chi connectivity index (χ1) is 10.1. The fourth-order valence-corrected chi connectivity index (χ4v) is 4.50. The Bertz CT molecular complexity index is 628. The third-order valence-corrected chi connectivity index (χ3v) is 5.52. The average molecular weight is 340 g/mol.